The number of pyridine rings is 1. The molecule has 1 aromatic heterocycles. The SMILES string of the molecule is Cc1c(Cl)cc[n+]([O-])c1C(=O)O. The smallest absolute Gasteiger partial charge is 0.402 e. The Kier molecular flexibility index (Phi) is 2.19. The van der Waals surface area contributed by atoms with Gasteiger partial charge in [-0.15, -0.1) is 0 Å². The summed E-state index contributed by atoms with van der Waals surface area (Å²) in [6.07, 6.45) is 1.07. The van der Waals surface area contributed by atoms with Gasteiger partial charge in [-0.25, -0.2) is 4.79 Å². The molecule has 0 fully saturated rings. The summed E-state index contributed by atoms with van der Waals surface area (Å²) in [6, 6.07) is 1.36. The zero-order valence-corrected chi connectivity index (χ0v) is 7.00. The number of hydrogen-bond donors (Lipinski definition) is 1. The molecule has 0 saturated carbocycles. The molecule has 0 amide bonds. The Morgan fingerprint density at radius 2 is 2.33 bits per heavy atom. The van der Waals surface area contributed by atoms with E-state index in [1.807, 2.05) is 0 Å². The van der Waals surface area contributed by atoms with E-state index in [1.165, 1.54) is 13.0 Å². The number of aromatic carboxylic acids is 1. The van der Waals surface area contributed by atoms with Crippen LogP contribution in [0.3, 0.4) is 0 Å². The largest absolute Gasteiger partial charge is 0.618 e. The Hall–Kier alpha value is -1.29. The molecule has 0 aliphatic heterocycles. The van der Waals surface area contributed by atoms with Gasteiger partial charge in [0.2, 0.25) is 0 Å². The van der Waals surface area contributed by atoms with Gasteiger partial charge in [-0.2, -0.15) is 4.73 Å². The van der Waals surface area contributed by atoms with Gasteiger partial charge in [-0.1, -0.05) is 11.6 Å². The quantitative estimate of drug-likeness (QED) is 0.527. The minimum atomic E-state index is -1.27. The Labute approximate surface area is 73.6 Å². The lowest BCUT2D eigenvalue weighted by atomic mass is 10.2. The van der Waals surface area contributed by atoms with Crippen LogP contribution in [0.15, 0.2) is 12.3 Å². The molecule has 0 radical (unpaired) electrons. The van der Waals surface area contributed by atoms with Crippen molar-refractivity contribution in [1.82, 2.24) is 0 Å². The highest BCUT2D eigenvalue weighted by atomic mass is 35.5. The van der Waals surface area contributed by atoms with Gasteiger partial charge in [0.05, 0.1) is 5.02 Å². The van der Waals surface area contributed by atoms with Crippen molar-refractivity contribution < 1.29 is 14.6 Å². The first kappa shape index (κ1) is 8.80. The van der Waals surface area contributed by atoms with Crippen LogP contribution >= 0.6 is 11.6 Å². The Bertz CT molecular complexity index is 338. The highest BCUT2D eigenvalue weighted by Crippen LogP contribution is 2.14. The molecule has 0 aromatic carbocycles. The number of carboxylic acid groups (broad SMARTS) is 1. The lowest BCUT2D eigenvalue weighted by molar-refractivity contribution is -0.608. The van der Waals surface area contributed by atoms with Crippen molar-refractivity contribution in [1.29, 1.82) is 0 Å². The molecule has 4 nitrogen and oxygen atoms in total. The zero-order valence-electron chi connectivity index (χ0n) is 6.24. The molecule has 0 aliphatic rings. The molecule has 1 heterocycles. The predicted octanol–water partition coefficient (Wildman–Crippen LogP) is 0.980. The van der Waals surface area contributed by atoms with Crippen LogP contribution in [0.1, 0.15) is 16.1 Å². The Morgan fingerprint density at radius 3 is 2.75 bits per heavy atom. The number of hydrogen-bond acceptors (Lipinski definition) is 2. The fourth-order valence-electron chi connectivity index (χ4n) is 0.866. The van der Waals surface area contributed by atoms with Gasteiger partial charge in [-0.3, -0.25) is 0 Å². The summed E-state index contributed by atoms with van der Waals surface area (Å²) in [7, 11) is 0. The maximum atomic E-state index is 10.9. The highest BCUT2D eigenvalue weighted by Gasteiger charge is 2.19. The minimum Gasteiger partial charge on any atom is -0.618 e. The predicted molar refractivity (Wildman–Crippen MR) is 42.1 cm³/mol. The first-order valence-electron chi connectivity index (χ1n) is 3.15. The number of nitrogens with zero attached hydrogens (tertiary/aromatic N) is 1. The molecule has 1 aromatic rings. The van der Waals surface area contributed by atoms with E-state index in [0.29, 0.717) is 0 Å². The van der Waals surface area contributed by atoms with Gasteiger partial charge in [0, 0.05) is 11.6 Å². The normalized spacial score (nSPS) is 9.83. The summed E-state index contributed by atoms with van der Waals surface area (Å²) in [5.41, 5.74) is -0.0517. The summed E-state index contributed by atoms with van der Waals surface area (Å²) in [5.74, 6) is -1.27. The van der Waals surface area contributed by atoms with E-state index in [0.717, 1.165) is 6.20 Å². The maximum Gasteiger partial charge on any atom is 0.402 e. The molecule has 0 aliphatic carbocycles. The van der Waals surface area contributed by atoms with Crippen LogP contribution in [0.2, 0.25) is 5.02 Å². The van der Waals surface area contributed by atoms with Crippen molar-refractivity contribution in [3.05, 3.63) is 33.8 Å². The van der Waals surface area contributed by atoms with E-state index in [9.17, 15) is 10.0 Å². The van der Waals surface area contributed by atoms with E-state index in [1.54, 1.807) is 0 Å². The van der Waals surface area contributed by atoms with Gasteiger partial charge in [0.15, 0.2) is 6.20 Å². The van der Waals surface area contributed by atoms with E-state index >= 15 is 0 Å². The summed E-state index contributed by atoms with van der Waals surface area (Å²) >= 11 is 5.61. The topological polar surface area (TPSA) is 64.2 Å². The second kappa shape index (κ2) is 2.98. The molecule has 5 heteroatoms. The lowest BCUT2D eigenvalue weighted by Crippen LogP contribution is -2.35. The molecule has 0 bridgehead atoms. The van der Waals surface area contributed by atoms with E-state index in [2.05, 4.69) is 0 Å². The van der Waals surface area contributed by atoms with Crippen LogP contribution in [0.4, 0.5) is 0 Å². The summed E-state index contributed by atoms with van der Waals surface area (Å²) in [5, 5.41) is 19.8. The van der Waals surface area contributed by atoms with Crippen molar-refractivity contribution in [2.75, 3.05) is 0 Å². The van der Waals surface area contributed by atoms with Crippen molar-refractivity contribution in [3.8, 4) is 0 Å². The Morgan fingerprint density at radius 1 is 1.75 bits per heavy atom. The molecule has 1 rings (SSSR count). The zero-order chi connectivity index (χ0) is 9.30. The summed E-state index contributed by atoms with van der Waals surface area (Å²) in [4.78, 5) is 10.5. The van der Waals surface area contributed by atoms with Crippen molar-refractivity contribution in [3.63, 3.8) is 0 Å². The molecule has 0 atom stereocenters. The number of halogens is 1. The van der Waals surface area contributed by atoms with Crippen molar-refractivity contribution in [2.45, 2.75) is 6.92 Å². The fourth-order valence-corrected chi connectivity index (χ4v) is 1.01. The van der Waals surface area contributed by atoms with Crippen molar-refractivity contribution >= 4 is 17.6 Å². The summed E-state index contributed by atoms with van der Waals surface area (Å²) < 4.78 is 0.281. The van der Waals surface area contributed by atoms with Crippen LogP contribution in [-0.4, -0.2) is 11.1 Å². The van der Waals surface area contributed by atoms with Gasteiger partial charge in [-0.05, 0) is 6.92 Å². The molecular weight excluding hydrogens is 182 g/mol. The Balaban J connectivity index is 3.43. The number of carboxylic acids is 1. The van der Waals surface area contributed by atoms with Crippen LogP contribution in [-0.2, 0) is 0 Å². The monoisotopic (exact) mass is 187 g/mol. The minimum absolute atomic E-state index is 0.277. The third-order valence-electron chi connectivity index (χ3n) is 1.49. The van der Waals surface area contributed by atoms with Crippen LogP contribution in [0.5, 0.6) is 0 Å². The third kappa shape index (κ3) is 1.33. The van der Waals surface area contributed by atoms with Crippen LogP contribution in [0, 0.1) is 12.1 Å². The molecule has 0 unspecified atom stereocenters. The van der Waals surface area contributed by atoms with E-state index in [4.69, 9.17) is 16.7 Å². The standard InChI is InChI=1S/C7H6ClNO3/c1-4-5(8)2-3-9(12)6(4)7(10)11/h2-3H,1H3,(H,10,11). The average Bonchev–Trinajstić information content (AvgIpc) is 1.97. The van der Waals surface area contributed by atoms with Crippen LogP contribution in [0.25, 0.3) is 0 Å². The highest BCUT2D eigenvalue weighted by molar-refractivity contribution is 6.31. The van der Waals surface area contributed by atoms with Crippen LogP contribution < -0.4 is 4.73 Å². The van der Waals surface area contributed by atoms with Gasteiger partial charge in [0.25, 0.3) is 0 Å². The first-order chi connectivity index (χ1) is 5.54. The lowest BCUT2D eigenvalue weighted by Gasteiger charge is -2.03. The molecule has 0 spiro atoms. The average molecular weight is 188 g/mol. The van der Waals surface area contributed by atoms with E-state index in [-0.39, 0.29) is 21.0 Å². The first-order valence-corrected chi connectivity index (χ1v) is 3.53. The second-order valence-corrected chi connectivity index (χ2v) is 2.68. The molecule has 64 valence electrons. The molecule has 12 heavy (non-hydrogen) atoms. The summed E-state index contributed by atoms with van der Waals surface area (Å²) in [6.45, 7) is 1.49. The molecular formula is C7H6ClNO3. The second-order valence-electron chi connectivity index (χ2n) is 2.27. The number of rotatable bonds is 1. The van der Waals surface area contributed by atoms with Gasteiger partial charge in [0.1, 0.15) is 0 Å². The van der Waals surface area contributed by atoms with Gasteiger partial charge >= 0.3 is 11.7 Å². The van der Waals surface area contributed by atoms with Gasteiger partial charge < -0.3 is 10.3 Å². The molecule has 0 saturated heterocycles. The van der Waals surface area contributed by atoms with Crippen molar-refractivity contribution in [2.24, 2.45) is 0 Å². The third-order valence-corrected chi connectivity index (χ3v) is 1.90. The molecule has 1 N–H and O–H groups in total. The number of carbonyl (C=O) groups is 1. The van der Waals surface area contributed by atoms with E-state index < -0.39 is 5.97 Å². The number of aromatic nitrogens is 1. The fraction of sp³-hybridized carbons (Fsp3) is 0.143. The maximum absolute atomic E-state index is 10.9.